The van der Waals surface area contributed by atoms with Crippen LogP contribution in [0.15, 0.2) is 12.1 Å². The third-order valence-electron chi connectivity index (χ3n) is 2.51. The highest BCUT2D eigenvalue weighted by Gasteiger charge is 2.19. The fraction of sp³-hybridized carbons (Fsp3) is 0.455. The van der Waals surface area contributed by atoms with Crippen LogP contribution in [0, 0.1) is 0 Å². The summed E-state index contributed by atoms with van der Waals surface area (Å²) in [6, 6.07) is 3.04. The number of nitrogen functional groups attached to an aromatic ring is 1. The first-order valence-electron chi connectivity index (χ1n) is 5.79. The quantitative estimate of drug-likeness (QED) is 0.592. The molecule has 0 radical (unpaired) electrons. The van der Waals surface area contributed by atoms with Crippen molar-refractivity contribution in [2.24, 2.45) is 0 Å². The van der Waals surface area contributed by atoms with Gasteiger partial charge in [0.1, 0.15) is 0 Å². The van der Waals surface area contributed by atoms with Crippen molar-refractivity contribution >= 4 is 21.4 Å². The average Bonchev–Trinajstić information content (AvgIpc) is 2.76. The normalized spacial score (nSPS) is 13.5. The fourth-order valence-corrected chi connectivity index (χ4v) is 2.53. The first kappa shape index (κ1) is 13.8. The van der Waals surface area contributed by atoms with Gasteiger partial charge in [-0.15, -0.1) is 0 Å². The summed E-state index contributed by atoms with van der Waals surface area (Å²) in [6.07, 6.45) is 0. The first-order chi connectivity index (χ1) is 9.02. The van der Waals surface area contributed by atoms with E-state index < -0.39 is 10.0 Å². The van der Waals surface area contributed by atoms with Crippen LogP contribution in [0.25, 0.3) is 0 Å². The second kappa shape index (κ2) is 5.54. The molecule has 0 atom stereocenters. The topological polar surface area (TPSA) is 99.9 Å². The molecule has 0 aliphatic carbocycles. The minimum atomic E-state index is -3.50. The van der Waals surface area contributed by atoms with Crippen molar-refractivity contribution in [1.29, 1.82) is 0 Å². The van der Waals surface area contributed by atoms with Gasteiger partial charge in [0.15, 0.2) is 11.5 Å². The van der Waals surface area contributed by atoms with E-state index in [0.717, 1.165) is 0 Å². The average molecular weight is 288 g/mol. The Bertz CT molecular complexity index is 558. The largest absolute Gasteiger partial charge is 0.454 e. The molecule has 0 fully saturated rings. The van der Waals surface area contributed by atoms with Crippen molar-refractivity contribution in [3.05, 3.63) is 12.1 Å². The van der Waals surface area contributed by atoms with Crippen molar-refractivity contribution in [3.63, 3.8) is 0 Å². The van der Waals surface area contributed by atoms with Gasteiger partial charge in [0.05, 0.1) is 23.7 Å². The molecule has 0 amide bonds. The predicted molar refractivity (Wildman–Crippen MR) is 70.9 cm³/mol. The Balaban J connectivity index is 2.10. The van der Waals surface area contributed by atoms with Crippen LogP contribution >= 0.6 is 0 Å². The second-order valence-electron chi connectivity index (χ2n) is 3.91. The lowest BCUT2D eigenvalue weighted by Gasteiger charge is -2.11. The van der Waals surface area contributed by atoms with Gasteiger partial charge in [0.25, 0.3) is 0 Å². The van der Waals surface area contributed by atoms with Crippen LogP contribution in [0.3, 0.4) is 0 Å². The van der Waals surface area contributed by atoms with Crippen molar-refractivity contribution < 1.29 is 22.6 Å². The summed E-state index contributed by atoms with van der Waals surface area (Å²) >= 11 is 0. The number of hydrogen-bond acceptors (Lipinski definition) is 6. The summed E-state index contributed by atoms with van der Waals surface area (Å²) in [5, 5.41) is 0. The zero-order valence-electron chi connectivity index (χ0n) is 10.5. The fourth-order valence-electron chi connectivity index (χ4n) is 1.58. The van der Waals surface area contributed by atoms with Gasteiger partial charge in [-0.2, -0.15) is 0 Å². The molecule has 0 unspecified atom stereocenters. The van der Waals surface area contributed by atoms with E-state index in [1.165, 1.54) is 12.1 Å². The predicted octanol–water partition coefficient (Wildman–Crippen LogP) is 0.776. The minimum Gasteiger partial charge on any atom is -0.454 e. The molecular weight excluding hydrogens is 272 g/mol. The van der Waals surface area contributed by atoms with Gasteiger partial charge in [-0.25, -0.2) is 8.42 Å². The van der Waals surface area contributed by atoms with Gasteiger partial charge >= 0.3 is 0 Å². The van der Waals surface area contributed by atoms with Crippen LogP contribution < -0.4 is 19.9 Å². The SMILES string of the molecule is CCOCCS(=O)(=O)Nc1cc2c(cc1N)OCO2. The Labute approximate surface area is 111 Å². The zero-order chi connectivity index (χ0) is 13.9. The Morgan fingerprint density at radius 1 is 1.37 bits per heavy atom. The molecule has 2 rings (SSSR count). The number of sulfonamides is 1. The highest BCUT2D eigenvalue weighted by Crippen LogP contribution is 2.38. The minimum absolute atomic E-state index is 0.106. The Hall–Kier alpha value is -1.67. The molecule has 1 heterocycles. The molecule has 0 aromatic heterocycles. The molecule has 0 saturated heterocycles. The van der Waals surface area contributed by atoms with E-state index in [1.807, 2.05) is 0 Å². The molecule has 0 saturated carbocycles. The summed E-state index contributed by atoms with van der Waals surface area (Å²) in [4.78, 5) is 0. The Morgan fingerprint density at radius 2 is 2.05 bits per heavy atom. The van der Waals surface area contributed by atoms with Crippen LogP contribution in [0.2, 0.25) is 0 Å². The molecule has 1 aromatic carbocycles. The third kappa shape index (κ3) is 3.42. The highest BCUT2D eigenvalue weighted by molar-refractivity contribution is 7.92. The number of benzene rings is 1. The van der Waals surface area contributed by atoms with Gasteiger partial charge in [-0.3, -0.25) is 4.72 Å². The molecule has 1 aliphatic heterocycles. The molecule has 1 aromatic rings. The molecular formula is C11H16N2O5S. The van der Waals surface area contributed by atoms with Gasteiger partial charge in [-0.05, 0) is 6.92 Å². The standard InChI is InChI=1S/C11H16N2O5S/c1-2-16-3-4-19(14,15)13-9-6-11-10(5-8(9)12)17-7-18-11/h5-6,13H,2-4,7,12H2,1H3. The summed E-state index contributed by atoms with van der Waals surface area (Å²) < 4.78 is 41.4. The maximum atomic E-state index is 11.8. The van der Waals surface area contributed by atoms with Crippen molar-refractivity contribution in [2.75, 3.05) is 36.2 Å². The zero-order valence-corrected chi connectivity index (χ0v) is 11.3. The lowest BCUT2D eigenvalue weighted by atomic mass is 10.2. The van der Waals surface area contributed by atoms with Crippen LogP contribution in [-0.4, -0.2) is 34.2 Å². The number of ether oxygens (including phenoxy) is 3. The van der Waals surface area contributed by atoms with E-state index in [9.17, 15) is 8.42 Å². The lowest BCUT2D eigenvalue weighted by molar-refractivity contribution is 0.163. The Morgan fingerprint density at radius 3 is 2.74 bits per heavy atom. The summed E-state index contributed by atoms with van der Waals surface area (Å²) in [5.41, 5.74) is 6.32. The molecule has 1 aliphatic rings. The maximum Gasteiger partial charge on any atom is 0.235 e. The lowest BCUT2D eigenvalue weighted by Crippen LogP contribution is -2.20. The van der Waals surface area contributed by atoms with E-state index in [0.29, 0.717) is 18.1 Å². The third-order valence-corrected chi connectivity index (χ3v) is 3.75. The van der Waals surface area contributed by atoms with E-state index in [1.54, 1.807) is 6.92 Å². The van der Waals surface area contributed by atoms with Crippen molar-refractivity contribution in [2.45, 2.75) is 6.92 Å². The monoisotopic (exact) mass is 288 g/mol. The molecule has 3 N–H and O–H groups in total. The van der Waals surface area contributed by atoms with Gasteiger partial charge in [-0.1, -0.05) is 0 Å². The Kier molecular flexibility index (Phi) is 4.01. The van der Waals surface area contributed by atoms with E-state index >= 15 is 0 Å². The molecule has 7 nitrogen and oxygen atoms in total. The number of hydrogen-bond donors (Lipinski definition) is 2. The summed E-state index contributed by atoms with van der Waals surface area (Å²) in [6.45, 7) is 2.52. The van der Waals surface area contributed by atoms with Crippen LogP contribution in [0.4, 0.5) is 11.4 Å². The first-order valence-corrected chi connectivity index (χ1v) is 7.44. The van der Waals surface area contributed by atoms with E-state index in [-0.39, 0.29) is 30.5 Å². The number of fused-ring (bicyclic) bond motifs is 1. The molecule has 0 spiro atoms. The molecule has 0 bridgehead atoms. The summed E-state index contributed by atoms with van der Waals surface area (Å²) in [5.74, 6) is 0.848. The van der Waals surface area contributed by atoms with Gasteiger partial charge in [0, 0.05) is 18.7 Å². The molecule has 19 heavy (non-hydrogen) atoms. The molecule has 106 valence electrons. The van der Waals surface area contributed by atoms with Crippen molar-refractivity contribution in [3.8, 4) is 11.5 Å². The number of nitrogens with two attached hydrogens (primary N) is 1. The smallest absolute Gasteiger partial charge is 0.235 e. The van der Waals surface area contributed by atoms with E-state index in [4.69, 9.17) is 19.9 Å². The number of rotatable bonds is 6. The maximum absolute atomic E-state index is 11.8. The van der Waals surface area contributed by atoms with Crippen LogP contribution in [0.5, 0.6) is 11.5 Å². The number of anilines is 2. The highest BCUT2D eigenvalue weighted by atomic mass is 32.2. The molecule has 8 heteroatoms. The van der Waals surface area contributed by atoms with Crippen LogP contribution in [0.1, 0.15) is 6.92 Å². The second-order valence-corrected chi connectivity index (χ2v) is 5.75. The van der Waals surface area contributed by atoms with Gasteiger partial charge < -0.3 is 19.9 Å². The summed E-state index contributed by atoms with van der Waals surface area (Å²) in [7, 11) is -3.50. The van der Waals surface area contributed by atoms with Crippen molar-refractivity contribution in [1.82, 2.24) is 0 Å². The van der Waals surface area contributed by atoms with Crippen LogP contribution in [-0.2, 0) is 14.8 Å². The van der Waals surface area contributed by atoms with Gasteiger partial charge in [0.2, 0.25) is 16.8 Å². The number of nitrogens with one attached hydrogen (secondary N) is 1. The van der Waals surface area contributed by atoms with E-state index in [2.05, 4.69) is 4.72 Å².